The number of methoxy groups -OCH3 is 1. The lowest BCUT2D eigenvalue weighted by molar-refractivity contribution is 0.0818. The first kappa shape index (κ1) is 15.3. The second-order valence-electron chi connectivity index (χ2n) is 5.53. The Hall–Kier alpha value is -1.13. The van der Waals surface area contributed by atoms with Crippen LogP contribution in [0.2, 0.25) is 0 Å². The molecule has 2 rings (SSSR count). The highest BCUT2D eigenvalue weighted by molar-refractivity contribution is 5.43. The van der Waals surface area contributed by atoms with Gasteiger partial charge in [0.25, 0.3) is 0 Å². The van der Waals surface area contributed by atoms with E-state index >= 15 is 0 Å². The Morgan fingerprint density at radius 1 is 1.35 bits per heavy atom. The van der Waals surface area contributed by atoms with Gasteiger partial charge in [-0.1, -0.05) is 13.3 Å². The van der Waals surface area contributed by atoms with Crippen LogP contribution < -0.4 is 10.2 Å². The molecule has 0 aromatic carbocycles. The topological polar surface area (TPSA) is 37.4 Å². The van der Waals surface area contributed by atoms with E-state index in [1.165, 1.54) is 11.3 Å². The fourth-order valence-electron chi connectivity index (χ4n) is 2.81. The molecule has 1 aliphatic heterocycles. The maximum Gasteiger partial charge on any atom is 0.129 e. The minimum atomic E-state index is 0.418. The summed E-state index contributed by atoms with van der Waals surface area (Å²) in [5.74, 6) is 1.13. The van der Waals surface area contributed by atoms with Crippen molar-refractivity contribution in [1.82, 2.24) is 10.3 Å². The number of piperidine rings is 1. The van der Waals surface area contributed by atoms with Crippen LogP contribution in [0.25, 0.3) is 0 Å². The van der Waals surface area contributed by atoms with Crippen LogP contribution in [-0.4, -0.2) is 38.3 Å². The van der Waals surface area contributed by atoms with E-state index in [4.69, 9.17) is 9.72 Å². The molecule has 0 spiro atoms. The standard InChI is InChI=1S/C16H27N3O/c1-4-5-14-10-13(12-17-2)11-16(18-14)19-8-6-15(20-3)7-9-19/h10-11,15,17H,4-9,12H2,1-3H3. The van der Waals surface area contributed by atoms with Crippen molar-refractivity contribution in [3.05, 3.63) is 23.4 Å². The van der Waals surface area contributed by atoms with Gasteiger partial charge in [-0.3, -0.25) is 0 Å². The van der Waals surface area contributed by atoms with Crippen molar-refractivity contribution in [3.8, 4) is 0 Å². The summed E-state index contributed by atoms with van der Waals surface area (Å²) in [6.07, 6.45) is 4.80. The number of anilines is 1. The molecule has 20 heavy (non-hydrogen) atoms. The van der Waals surface area contributed by atoms with Crippen molar-refractivity contribution in [2.75, 3.05) is 32.1 Å². The molecule has 1 N–H and O–H groups in total. The Morgan fingerprint density at radius 3 is 2.70 bits per heavy atom. The van der Waals surface area contributed by atoms with Crippen LogP contribution in [0.15, 0.2) is 12.1 Å². The molecule has 0 unspecified atom stereocenters. The summed E-state index contributed by atoms with van der Waals surface area (Å²) in [5.41, 5.74) is 2.54. The summed E-state index contributed by atoms with van der Waals surface area (Å²) in [5, 5.41) is 3.23. The predicted molar refractivity (Wildman–Crippen MR) is 83.2 cm³/mol. The Kier molecular flexibility index (Phi) is 5.80. The third-order valence-electron chi connectivity index (χ3n) is 3.91. The van der Waals surface area contributed by atoms with Crippen LogP contribution in [0.4, 0.5) is 5.82 Å². The van der Waals surface area contributed by atoms with Gasteiger partial charge in [-0.05, 0) is 44.0 Å². The van der Waals surface area contributed by atoms with Gasteiger partial charge in [-0.2, -0.15) is 0 Å². The fraction of sp³-hybridized carbons (Fsp3) is 0.688. The molecule has 1 aromatic heterocycles. The van der Waals surface area contributed by atoms with Gasteiger partial charge in [-0.25, -0.2) is 4.98 Å². The van der Waals surface area contributed by atoms with Gasteiger partial charge < -0.3 is 15.0 Å². The average Bonchev–Trinajstić information content (AvgIpc) is 2.48. The third kappa shape index (κ3) is 3.93. The van der Waals surface area contributed by atoms with E-state index in [0.29, 0.717) is 6.10 Å². The number of ether oxygens (including phenoxy) is 1. The Labute approximate surface area is 122 Å². The van der Waals surface area contributed by atoms with Crippen molar-refractivity contribution in [1.29, 1.82) is 0 Å². The summed E-state index contributed by atoms with van der Waals surface area (Å²) in [6, 6.07) is 4.45. The monoisotopic (exact) mass is 277 g/mol. The van der Waals surface area contributed by atoms with Crippen molar-refractivity contribution < 1.29 is 4.74 Å². The number of aryl methyl sites for hydroxylation is 1. The molecule has 1 aliphatic rings. The highest BCUT2D eigenvalue weighted by atomic mass is 16.5. The summed E-state index contributed by atoms with van der Waals surface area (Å²) >= 11 is 0. The zero-order valence-electron chi connectivity index (χ0n) is 13.0. The number of nitrogens with one attached hydrogen (secondary N) is 1. The highest BCUT2D eigenvalue weighted by Crippen LogP contribution is 2.21. The van der Waals surface area contributed by atoms with Crippen LogP contribution in [0.5, 0.6) is 0 Å². The Bertz CT molecular complexity index is 390. The smallest absolute Gasteiger partial charge is 0.129 e. The maximum atomic E-state index is 5.44. The van der Waals surface area contributed by atoms with Gasteiger partial charge in [0, 0.05) is 32.4 Å². The lowest BCUT2D eigenvalue weighted by atomic mass is 10.1. The molecule has 2 heterocycles. The normalized spacial score (nSPS) is 16.6. The first-order chi connectivity index (χ1) is 9.76. The van der Waals surface area contributed by atoms with E-state index in [1.54, 1.807) is 0 Å². The van der Waals surface area contributed by atoms with Crippen LogP contribution >= 0.6 is 0 Å². The second-order valence-corrected chi connectivity index (χ2v) is 5.53. The molecule has 0 bridgehead atoms. The molecule has 0 saturated carbocycles. The summed E-state index contributed by atoms with van der Waals surface area (Å²) in [7, 11) is 3.80. The Morgan fingerprint density at radius 2 is 2.10 bits per heavy atom. The molecule has 4 heteroatoms. The molecular formula is C16H27N3O. The lowest BCUT2D eigenvalue weighted by Gasteiger charge is -2.32. The van der Waals surface area contributed by atoms with Gasteiger partial charge in [0.15, 0.2) is 0 Å². The molecule has 4 nitrogen and oxygen atoms in total. The summed E-state index contributed by atoms with van der Waals surface area (Å²) in [6.45, 7) is 5.19. The van der Waals surface area contributed by atoms with Crippen LogP contribution in [0, 0.1) is 0 Å². The fourth-order valence-corrected chi connectivity index (χ4v) is 2.81. The van der Waals surface area contributed by atoms with Gasteiger partial charge in [0.05, 0.1) is 6.10 Å². The third-order valence-corrected chi connectivity index (χ3v) is 3.91. The summed E-state index contributed by atoms with van der Waals surface area (Å²) < 4.78 is 5.44. The van der Waals surface area contributed by atoms with E-state index in [-0.39, 0.29) is 0 Å². The van der Waals surface area contributed by atoms with Crippen molar-refractivity contribution in [3.63, 3.8) is 0 Å². The van der Waals surface area contributed by atoms with E-state index in [9.17, 15) is 0 Å². The van der Waals surface area contributed by atoms with Crippen LogP contribution in [-0.2, 0) is 17.7 Å². The van der Waals surface area contributed by atoms with E-state index in [2.05, 4.69) is 29.3 Å². The molecule has 1 fully saturated rings. The van der Waals surface area contributed by atoms with E-state index < -0.39 is 0 Å². The number of hydrogen-bond donors (Lipinski definition) is 1. The van der Waals surface area contributed by atoms with Crippen molar-refractivity contribution >= 4 is 5.82 Å². The van der Waals surface area contributed by atoms with Crippen molar-refractivity contribution in [2.45, 2.75) is 45.3 Å². The number of rotatable bonds is 6. The second kappa shape index (κ2) is 7.60. The zero-order chi connectivity index (χ0) is 14.4. The van der Waals surface area contributed by atoms with Crippen LogP contribution in [0.1, 0.15) is 37.4 Å². The first-order valence-corrected chi connectivity index (χ1v) is 7.69. The quantitative estimate of drug-likeness (QED) is 0.866. The summed E-state index contributed by atoms with van der Waals surface area (Å²) in [4.78, 5) is 7.23. The van der Waals surface area contributed by atoms with Gasteiger partial charge in [0.1, 0.15) is 5.82 Å². The maximum absolute atomic E-state index is 5.44. The van der Waals surface area contributed by atoms with Crippen LogP contribution in [0.3, 0.4) is 0 Å². The molecule has 0 radical (unpaired) electrons. The van der Waals surface area contributed by atoms with Gasteiger partial charge >= 0.3 is 0 Å². The molecule has 0 atom stereocenters. The van der Waals surface area contributed by atoms with Gasteiger partial charge in [0.2, 0.25) is 0 Å². The highest BCUT2D eigenvalue weighted by Gasteiger charge is 2.20. The number of nitrogens with zero attached hydrogens (tertiary/aromatic N) is 2. The minimum absolute atomic E-state index is 0.418. The molecule has 0 amide bonds. The molecule has 0 aliphatic carbocycles. The van der Waals surface area contributed by atoms with Gasteiger partial charge in [-0.15, -0.1) is 0 Å². The average molecular weight is 277 g/mol. The Balaban J connectivity index is 2.13. The predicted octanol–water partition coefficient (Wildman–Crippen LogP) is 2.37. The molecule has 1 saturated heterocycles. The number of pyridine rings is 1. The largest absolute Gasteiger partial charge is 0.381 e. The lowest BCUT2D eigenvalue weighted by Crippen LogP contribution is -2.37. The number of hydrogen-bond acceptors (Lipinski definition) is 4. The number of aromatic nitrogens is 1. The zero-order valence-corrected chi connectivity index (χ0v) is 13.0. The molecular weight excluding hydrogens is 250 g/mol. The molecule has 112 valence electrons. The van der Waals surface area contributed by atoms with E-state index in [0.717, 1.165) is 51.1 Å². The van der Waals surface area contributed by atoms with E-state index in [1.807, 2.05) is 14.2 Å². The minimum Gasteiger partial charge on any atom is -0.381 e. The SMILES string of the molecule is CCCc1cc(CNC)cc(N2CCC(OC)CC2)n1. The molecule has 1 aromatic rings. The first-order valence-electron chi connectivity index (χ1n) is 7.69. The van der Waals surface area contributed by atoms with Crippen molar-refractivity contribution in [2.24, 2.45) is 0 Å².